The average Bonchev–Trinajstić information content (AvgIpc) is 2.69. The van der Waals surface area contributed by atoms with Crippen LogP contribution in [0.2, 0.25) is 0 Å². The number of hydrogen-bond donors (Lipinski definition) is 2. The van der Waals surface area contributed by atoms with E-state index in [9.17, 15) is 23.1 Å². The highest BCUT2D eigenvalue weighted by Gasteiger charge is 2.30. The number of carbonyl (C=O) groups is 1. The smallest absolute Gasteiger partial charge is 0.416 e. The number of nitrogens with zero attached hydrogens (tertiary/aromatic N) is 1. The second-order valence-corrected chi connectivity index (χ2v) is 5.94. The molecule has 0 fully saturated rings. The van der Waals surface area contributed by atoms with Crippen LogP contribution < -0.4 is 10.2 Å². The van der Waals surface area contributed by atoms with Gasteiger partial charge in [-0.3, -0.25) is 4.79 Å². The molecular weight excluding hydrogens is 385 g/mol. The standard InChI is InChI=1S/C21H15F3N2O3/c22-21(23,24)16-2-1-3-19(12-16)29-18-10-4-14(5-11-18)13-25-26-20(28)15-6-8-17(27)9-7-15/h1-13,27H,(H,26,28). The Morgan fingerprint density at radius 2 is 1.66 bits per heavy atom. The monoisotopic (exact) mass is 400 g/mol. The molecule has 0 saturated carbocycles. The number of phenolic OH excluding ortho intramolecular Hbond substituents is 1. The number of amides is 1. The molecule has 0 atom stereocenters. The Labute approximate surface area is 164 Å². The molecule has 0 unspecified atom stereocenters. The Bertz CT molecular complexity index is 1010. The maximum absolute atomic E-state index is 12.7. The number of aromatic hydroxyl groups is 1. The van der Waals surface area contributed by atoms with Crippen LogP contribution in [-0.4, -0.2) is 17.2 Å². The molecule has 5 nitrogen and oxygen atoms in total. The van der Waals surface area contributed by atoms with Gasteiger partial charge in [0.15, 0.2) is 0 Å². The fourth-order valence-corrected chi connectivity index (χ4v) is 2.34. The second-order valence-electron chi connectivity index (χ2n) is 5.94. The number of rotatable bonds is 5. The highest BCUT2D eigenvalue weighted by atomic mass is 19.4. The predicted octanol–water partition coefficient (Wildman–Crippen LogP) is 4.97. The number of phenols is 1. The van der Waals surface area contributed by atoms with E-state index in [-0.39, 0.29) is 11.5 Å². The first kappa shape index (κ1) is 19.9. The summed E-state index contributed by atoms with van der Waals surface area (Å²) in [7, 11) is 0. The van der Waals surface area contributed by atoms with Crippen LogP contribution in [0.1, 0.15) is 21.5 Å². The third kappa shape index (κ3) is 5.58. The van der Waals surface area contributed by atoms with Crippen molar-refractivity contribution in [1.29, 1.82) is 0 Å². The molecule has 0 aromatic heterocycles. The Balaban J connectivity index is 1.59. The molecule has 0 aliphatic heterocycles. The van der Waals surface area contributed by atoms with Gasteiger partial charge in [0.05, 0.1) is 11.8 Å². The van der Waals surface area contributed by atoms with Gasteiger partial charge in [-0.05, 0) is 72.3 Å². The average molecular weight is 400 g/mol. The van der Waals surface area contributed by atoms with E-state index in [1.54, 1.807) is 24.3 Å². The number of carbonyl (C=O) groups excluding carboxylic acids is 1. The summed E-state index contributed by atoms with van der Waals surface area (Å²) in [6.45, 7) is 0. The van der Waals surface area contributed by atoms with Gasteiger partial charge < -0.3 is 9.84 Å². The van der Waals surface area contributed by atoms with Crippen molar-refractivity contribution in [2.75, 3.05) is 0 Å². The van der Waals surface area contributed by atoms with Crippen molar-refractivity contribution in [3.05, 3.63) is 89.5 Å². The predicted molar refractivity (Wildman–Crippen MR) is 101 cm³/mol. The summed E-state index contributed by atoms with van der Waals surface area (Å²) >= 11 is 0. The van der Waals surface area contributed by atoms with E-state index < -0.39 is 17.6 Å². The van der Waals surface area contributed by atoms with Gasteiger partial charge in [-0.15, -0.1) is 0 Å². The van der Waals surface area contributed by atoms with Gasteiger partial charge in [0.1, 0.15) is 17.2 Å². The van der Waals surface area contributed by atoms with Gasteiger partial charge in [-0.1, -0.05) is 6.07 Å². The van der Waals surface area contributed by atoms with Crippen LogP contribution >= 0.6 is 0 Å². The molecule has 0 heterocycles. The Morgan fingerprint density at radius 3 is 2.31 bits per heavy atom. The molecule has 3 aromatic rings. The van der Waals surface area contributed by atoms with Crippen molar-refractivity contribution in [2.45, 2.75) is 6.18 Å². The molecule has 3 aromatic carbocycles. The van der Waals surface area contributed by atoms with E-state index in [0.717, 1.165) is 12.1 Å². The summed E-state index contributed by atoms with van der Waals surface area (Å²) in [5.74, 6) is 0.0419. The number of hydrogen-bond acceptors (Lipinski definition) is 4. The minimum Gasteiger partial charge on any atom is -0.508 e. The number of halogens is 3. The highest BCUT2D eigenvalue weighted by molar-refractivity contribution is 5.94. The van der Waals surface area contributed by atoms with Crippen molar-refractivity contribution in [3.8, 4) is 17.2 Å². The molecule has 0 saturated heterocycles. The van der Waals surface area contributed by atoms with Crippen molar-refractivity contribution in [3.63, 3.8) is 0 Å². The fourth-order valence-electron chi connectivity index (χ4n) is 2.34. The summed E-state index contributed by atoms with van der Waals surface area (Å²) < 4.78 is 43.7. The first-order valence-electron chi connectivity index (χ1n) is 8.39. The van der Waals surface area contributed by atoms with Crippen LogP contribution in [0, 0.1) is 0 Å². The van der Waals surface area contributed by atoms with Gasteiger partial charge >= 0.3 is 6.18 Å². The fraction of sp³-hybridized carbons (Fsp3) is 0.0476. The first-order chi connectivity index (χ1) is 13.8. The lowest BCUT2D eigenvalue weighted by Gasteiger charge is -2.10. The molecule has 0 spiro atoms. The van der Waals surface area contributed by atoms with Gasteiger partial charge in [-0.2, -0.15) is 18.3 Å². The third-order valence-electron chi connectivity index (χ3n) is 3.79. The molecule has 1 amide bonds. The summed E-state index contributed by atoms with van der Waals surface area (Å²) in [4.78, 5) is 11.9. The zero-order valence-electron chi connectivity index (χ0n) is 14.9. The summed E-state index contributed by atoms with van der Waals surface area (Å²) in [6.07, 6.45) is -3.03. The maximum Gasteiger partial charge on any atom is 0.416 e. The lowest BCUT2D eigenvalue weighted by molar-refractivity contribution is -0.137. The largest absolute Gasteiger partial charge is 0.508 e. The molecule has 0 aliphatic carbocycles. The van der Waals surface area contributed by atoms with Crippen LogP contribution in [-0.2, 0) is 6.18 Å². The number of ether oxygens (including phenoxy) is 1. The molecule has 3 rings (SSSR count). The van der Waals surface area contributed by atoms with Crippen LogP contribution in [0.4, 0.5) is 13.2 Å². The van der Waals surface area contributed by atoms with Crippen molar-refractivity contribution >= 4 is 12.1 Å². The zero-order valence-corrected chi connectivity index (χ0v) is 14.9. The molecule has 0 aliphatic rings. The van der Waals surface area contributed by atoms with Gasteiger partial charge in [0.2, 0.25) is 0 Å². The number of hydrazone groups is 1. The highest BCUT2D eigenvalue weighted by Crippen LogP contribution is 2.32. The SMILES string of the molecule is O=C(NN=Cc1ccc(Oc2cccc(C(F)(F)F)c2)cc1)c1ccc(O)cc1. The topological polar surface area (TPSA) is 70.9 Å². The van der Waals surface area contributed by atoms with Crippen molar-refractivity contribution < 1.29 is 27.8 Å². The quantitative estimate of drug-likeness (QED) is 0.469. The molecule has 8 heteroatoms. The summed E-state index contributed by atoms with van der Waals surface area (Å²) in [6, 6.07) is 16.7. The lowest BCUT2D eigenvalue weighted by atomic mass is 10.2. The van der Waals surface area contributed by atoms with E-state index in [2.05, 4.69) is 10.5 Å². The van der Waals surface area contributed by atoms with Crippen LogP contribution in [0.15, 0.2) is 77.9 Å². The normalized spacial score (nSPS) is 11.4. The first-order valence-corrected chi connectivity index (χ1v) is 8.39. The van der Waals surface area contributed by atoms with Crippen LogP contribution in [0.3, 0.4) is 0 Å². The van der Waals surface area contributed by atoms with Gasteiger partial charge in [0, 0.05) is 5.56 Å². The van der Waals surface area contributed by atoms with E-state index in [0.29, 0.717) is 16.9 Å². The molecule has 2 N–H and O–H groups in total. The number of alkyl halides is 3. The van der Waals surface area contributed by atoms with E-state index in [1.165, 1.54) is 42.6 Å². The Hall–Kier alpha value is -3.81. The van der Waals surface area contributed by atoms with Crippen molar-refractivity contribution in [1.82, 2.24) is 5.43 Å². The molecular formula is C21H15F3N2O3. The second kappa shape index (κ2) is 8.47. The minimum atomic E-state index is -4.44. The van der Waals surface area contributed by atoms with E-state index in [4.69, 9.17) is 4.74 Å². The lowest BCUT2D eigenvalue weighted by Crippen LogP contribution is -2.17. The van der Waals surface area contributed by atoms with Crippen molar-refractivity contribution in [2.24, 2.45) is 5.10 Å². The Kier molecular flexibility index (Phi) is 5.82. The summed E-state index contributed by atoms with van der Waals surface area (Å²) in [5.41, 5.74) is 2.55. The number of benzene rings is 3. The molecule has 29 heavy (non-hydrogen) atoms. The molecule has 0 radical (unpaired) electrons. The summed E-state index contributed by atoms with van der Waals surface area (Å²) in [5, 5.41) is 13.0. The number of nitrogens with one attached hydrogen (secondary N) is 1. The van der Waals surface area contributed by atoms with Gasteiger partial charge in [-0.25, -0.2) is 5.43 Å². The third-order valence-corrected chi connectivity index (χ3v) is 3.79. The van der Waals surface area contributed by atoms with E-state index in [1.807, 2.05) is 0 Å². The minimum absolute atomic E-state index is 0.0532. The van der Waals surface area contributed by atoms with Gasteiger partial charge in [0.25, 0.3) is 5.91 Å². The van der Waals surface area contributed by atoms with Crippen LogP contribution in [0.25, 0.3) is 0 Å². The van der Waals surface area contributed by atoms with Crippen LogP contribution in [0.5, 0.6) is 17.2 Å². The maximum atomic E-state index is 12.7. The zero-order chi connectivity index (χ0) is 20.9. The van der Waals surface area contributed by atoms with E-state index >= 15 is 0 Å². The molecule has 148 valence electrons. The Morgan fingerprint density at radius 1 is 0.966 bits per heavy atom. The molecule has 0 bridgehead atoms.